The SMILES string of the molecule is COc1ccccc1[C@@H](C)N(C)C(=O)c1cccc(S(C)(=O)=O)c1. The van der Waals surface area contributed by atoms with Crippen LogP contribution in [0, 0.1) is 0 Å². The second-order valence-corrected chi connectivity index (χ2v) is 7.65. The lowest BCUT2D eigenvalue weighted by Gasteiger charge is -2.26. The highest BCUT2D eigenvalue weighted by Crippen LogP contribution is 2.29. The number of hydrogen-bond donors (Lipinski definition) is 0. The summed E-state index contributed by atoms with van der Waals surface area (Å²) in [5.41, 5.74) is 1.22. The average molecular weight is 347 g/mol. The van der Waals surface area contributed by atoms with Crippen molar-refractivity contribution >= 4 is 15.7 Å². The molecule has 1 atom stereocenters. The zero-order chi connectivity index (χ0) is 17.9. The third kappa shape index (κ3) is 3.76. The maximum Gasteiger partial charge on any atom is 0.254 e. The number of methoxy groups -OCH3 is 1. The van der Waals surface area contributed by atoms with E-state index in [0.29, 0.717) is 11.3 Å². The maximum atomic E-state index is 12.7. The molecule has 128 valence electrons. The topological polar surface area (TPSA) is 63.7 Å². The molecule has 0 bridgehead atoms. The monoisotopic (exact) mass is 347 g/mol. The molecule has 0 saturated heterocycles. The van der Waals surface area contributed by atoms with E-state index in [1.807, 2.05) is 31.2 Å². The van der Waals surface area contributed by atoms with E-state index in [1.165, 1.54) is 12.1 Å². The molecule has 0 unspecified atom stereocenters. The molecule has 0 N–H and O–H groups in total. The fourth-order valence-corrected chi connectivity index (χ4v) is 3.13. The molecule has 2 aromatic rings. The molecule has 0 heterocycles. The lowest BCUT2D eigenvalue weighted by Crippen LogP contribution is -2.30. The Morgan fingerprint density at radius 2 is 1.79 bits per heavy atom. The van der Waals surface area contributed by atoms with E-state index in [1.54, 1.807) is 31.2 Å². The molecule has 5 nitrogen and oxygen atoms in total. The molecular formula is C18H21NO4S. The van der Waals surface area contributed by atoms with Gasteiger partial charge in [-0.15, -0.1) is 0 Å². The standard InChI is InChI=1S/C18H21NO4S/c1-13(16-10-5-6-11-17(16)23-3)19(2)18(20)14-8-7-9-15(12-14)24(4,21)22/h5-13H,1-4H3/t13-/m1/s1. The smallest absolute Gasteiger partial charge is 0.254 e. The third-order valence-electron chi connectivity index (χ3n) is 4.00. The largest absolute Gasteiger partial charge is 0.496 e. The van der Waals surface area contributed by atoms with Crippen molar-refractivity contribution in [2.24, 2.45) is 0 Å². The van der Waals surface area contributed by atoms with E-state index in [0.717, 1.165) is 11.8 Å². The highest BCUT2D eigenvalue weighted by Gasteiger charge is 2.22. The molecule has 0 spiro atoms. The Kier molecular flexibility index (Phi) is 5.29. The van der Waals surface area contributed by atoms with Crippen LogP contribution in [0.1, 0.15) is 28.9 Å². The summed E-state index contributed by atoms with van der Waals surface area (Å²) < 4.78 is 28.7. The van der Waals surface area contributed by atoms with Gasteiger partial charge < -0.3 is 9.64 Å². The lowest BCUT2D eigenvalue weighted by atomic mass is 10.0. The van der Waals surface area contributed by atoms with E-state index in [9.17, 15) is 13.2 Å². The van der Waals surface area contributed by atoms with Gasteiger partial charge in [-0.2, -0.15) is 0 Å². The third-order valence-corrected chi connectivity index (χ3v) is 5.11. The van der Waals surface area contributed by atoms with Crippen LogP contribution in [0.3, 0.4) is 0 Å². The van der Waals surface area contributed by atoms with Gasteiger partial charge in [-0.25, -0.2) is 8.42 Å². The molecule has 0 saturated carbocycles. The molecule has 0 aliphatic carbocycles. The van der Waals surface area contributed by atoms with Crippen LogP contribution in [-0.2, 0) is 9.84 Å². The number of hydrogen-bond acceptors (Lipinski definition) is 4. The van der Waals surface area contributed by atoms with E-state index >= 15 is 0 Å². The van der Waals surface area contributed by atoms with Gasteiger partial charge in [-0.05, 0) is 31.2 Å². The second-order valence-electron chi connectivity index (χ2n) is 5.63. The molecule has 0 fully saturated rings. The van der Waals surface area contributed by atoms with Crippen LogP contribution in [-0.4, -0.2) is 39.6 Å². The summed E-state index contributed by atoms with van der Waals surface area (Å²) in [5.74, 6) is 0.452. The van der Waals surface area contributed by atoms with Gasteiger partial charge in [-0.1, -0.05) is 24.3 Å². The molecule has 1 amide bonds. The van der Waals surface area contributed by atoms with Crippen molar-refractivity contribution in [3.8, 4) is 5.75 Å². The highest BCUT2D eigenvalue weighted by atomic mass is 32.2. The molecule has 2 aromatic carbocycles. The van der Waals surface area contributed by atoms with Crippen molar-refractivity contribution in [3.63, 3.8) is 0 Å². The summed E-state index contributed by atoms with van der Waals surface area (Å²) in [4.78, 5) is 14.4. The lowest BCUT2D eigenvalue weighted by molar-refractivity contribution is 0.0741. The van der Waals surface area contributed by atoms with Crippen LogP contribution < -0.4 is 4.74 Å². The molecule has 0 radical (unpaired) electrons. The highest BCUT2D eigenvalue weighted by molar-refractivity contribution is 7.90. The minimum Gasteiger partial charge on any atom is -0.496 e. The Morgan fingerprint density at radius 3 is 2.42 bits per heavy atom. The Bertz CT molecular complexity index is 846. The van der Waals surface area contributed by atoms with Gasteiger partial charge in [0.2, 0.25) is 0 Å². The molecular weight excluding hydrogens is 326 g/mol. The number of nitrogens with zero attached hydrogens (tertiary/aromatic N) is 1. The van der Waals surface area contributed by atoms with E-state index in [-0.39, 0.29) is 16.8 Å². The van der Waals surface area contributed by atoms with Gasteiger partial charge >= 0.3 is 0 Å². The first-order chi connectivity index (χ1) is 11.3. The molecule has 0 aliphatic heterocycles. The van der Waals surface area contributed by atoms with Crippen LogP contribution in [0.15, 0.2) is 53.4 Å². The van der Waals surface area contributed by atoms with Crippen LogP contribution in [0.2, 0.25) is 0 Å². The fraction of sp³-hybridized carbons (Fsp3) is 0.278. The van der Waals surface area contributed by atoms with Crippen LogP contribution in [0.4, 0.5) is 0 Å². The normalized spacial score (nSPS) is 12.5. The van der Waals surface area contributed by atoms with Gasteiger partial charge in [0.1, 0.15) is 5.75 Å². The minimum absolute atomic E-state index is 0.131. The number of amides is 1. The van der Waals surface area contributed by atoms with Crippen molar-refractivity contribution in [1.82, 2.24) is 4.90 Å². The zero-order valence-electron chi connectivity index (χ0n) is 14.2. The molecule has 24 heavy (non-hydrogen) atoms. The summed E-state index contributed by atoms with van der Waals surface area (Å²) in [6.07, 6.45) is 1.12. The van der Waals surface area contributed by atoms with E-state index < -0.39 is 9.84 Å². The van der Waals surface area contributed by atoms with Crippen LogP contribution >= 0.6 is 0 Å². The summed E-state index contributed by atoms with van der Waals surface area (Å²) in [5, 5.41) is 0. The first kappa shape index (κ1) is 18.0. The van der Waals surface area contributed by atoms with Crippen molar-refractivity contribution in [3.05, 3.63) is 59.7 Å². The van der Waals surface area contributed by atoms with Gasteiger partial charge in [0.05, 0.1) is 18.0 Å². The Hall–Kier alpha value is -2.34. The van der Waals surface area contributed by atoms with Crippen LogP contribution in [0.25, 0.3) is 0 Å². The number of rotatable bonds is 5. The summed E-state index contributed by atoms with van der Waals surface area (Å²) in [6.45, 7) is 1.90. The summed E-state index contributed by atoms with van der Waals surface area (Å²) >= 11 is 0. The number of ether oxygens (including phenoxy) is 1. The Morgan fingerprint density at radius 1 is 1.12 bits per heavy atom. The van der Waals surface area contributed by atoms with Crippen molar-refractivity contribution in [2.75, 3.05) is 20.4 Å². The molecule has 0 aromatic heterocycles. The number of carbonyl (C=O) groups is 1. The van der Waals surface area contributed by atoms with E-state index in [4.69, 9.17) is 4.74 Å². The molecule has 0 aliphatic rings. The number of benzene rings is 2. The maximum absolute atomic E-state index is 12.7. The second kappa shape index (κ2) is 7.05. The van der Waals surface area contributed by atoms with E-state index in [2.05, 4.69) is 0 Å². The van der Waals surface area contributed by atoms with Gasteiger partial charge in [0.25, 0.3) is 5.91 Å². The first-order valence-corrected chi connectivity index (χ1v) is 9.35. The zero-order valence-corrected chi connectivity index (χ0v) is 15.0. The van der Waals surface area contributed by atoms with Gasteiger partial charge in [0, 0.05) is 24.4 Å². The average Bonchev–Trinajstić information content (AvgIpc) is 2.59. The minimum atomic E-state index is -3.36. The van der Waals surface area contributed by atoms with Crippen molar-refractivity contribution in [2.45, 2.75) is 17.9 Å². The molecule has 6 heteroatoms. The molecule has 2 rings (SSSR count). The van der Waals surface area contributed by atoms with Crippen molar-refractivity contribution < 1.29 is 17.9 Å². The predicted octanol–water partition coefficient (Wildman–Crippen LogP) is 2.93. The predicted molar refractivity (Wildman–Crippen MR) is 93.1 cm³/mol. The Labute approximate surface area is 142 Å². The summed E-state index contributed by atoms with van der Waals surface area (Å²) in [7, 11) is -0.0850. The fourth-order valence-electron chi connectivity index (χ4n) is 2.46. The first-order valence-electron chi connectivity index (χ1n) is 7.46. The summed E-state index contributed by atoms with van der Waals surface area (Å²) in [6, 6.07) is 13.3. The Balaban J connectivity index is 2.33. The number of para-hydroxylation sites is 1. The number of sulfone groups is 1. The van der Waals surface area contributed by atoms with Gasteiger partial charge in [0.15, 0.2) is 9.84 Å². The van der Waals surface area contributed by atoms with Crippen LogP contribution in [0.5, 0.6) is 5.75 Å². The quantitative estimate of drug-likeness (QED) is 0.834. The van der Waals surface area contributed by atoms with Crippen molar-refractivity contribution in [1.29, 1.82) is 0 Å². The van der Waals surface area contributed by atoms with Gasteiger partial charge in [-0.3, -0.25) is 4.79 Å². The number of carbonyl (C=O) groups excluding carboxylic acids is 1.